The smallest absolute Gasteiger partial charge is 0.323 e. The summed E-state index contributed by atoms with van der Waals surface area (Å²) >= 11 is 0. The van der Waals surface area contributed by atoms with Crippen LogP contribution in [0.5, 0.6) is 11.5 Å². The largest absolute Gasteiger partial charge is 0.505 e. The van der Waals surface area contributed by atoms with Crippen molar-refractivity contribution in [3.63, 3.8) is 0 Å². The van der Waals surface area contributed by atoms with E-state index in [1.165, 1.54) is 42.5 Å². The Labute approximate surface area is 346 Å². The predicted octanol–water partition coefficient (Wildman–Crippen LogP) is 10.3. The van der Waals surface area contributed by atoms with Crippen LogP contribution in [0.2, 0.25) is 0 Å². The number of hydrogen-bond acceptors (Lipinski definition) is 12. The summed E-state index contributed by atoms with van der Waals surface area (Å²) in [5.74, 6) is -1.22. The average Bonchev–Trinajstić information content (AvgIpc) is 3.21. The summed E-state index contributed by atoms with van der Waals surface area (Å²) in [6.07, 6.45) is 0. The Morgan fingerprint density at radius 3 is 1.31 bits per heavy atom. The Morgan fingerprint density at radius 2 is 0.885 bits per heavy atom. The standard InChI is InChI=1S/C41H32N8O10S2/c1-23-12-15-30(44-40(52)42-28-16-13-24-18-34(60(54,55)56)36(38(50)31(24)20-28)48-46-26-8-4-2-5-9-26)22-33(23)45-41(53)43-29-17-14-25-19-35(61(57,58)59)37(39(51)32(25)21-29)49-47-27-10-6-3-7-11-27/h2-22,50-51H,1H3,(H2,42,44,52)(H2,43,45,53)(H,54,55,56)(H,57,58,59). The van der Waals surface area contributed by atoms with Crippen molar-refractivity contribution in [3.05, 3.63) is 133 Å². The van der Waals surface area contributed by atoms with Crippen LogP contribution in [-0.4, -0.2) is 48.2 Å². The van der Waals surface area contributed by atoms with Gasteiger partial charge >= 0.3 is 12.1 Å². The molecular weight excluding hydrogens is 829 g/mol. The van der Waals surface area contributed by atoms with E-state index in [2.05, 4.69) is 41.7 Å². The fraction of sp³-hybridized carbons (Fsp3) is 0.0244. The second-order valence-electron chi connectivity index (χ2n) is 13.2. The maximum Gasteiger partial charge on any atom is 0.323 e. The minimum atomic E-state index is -4.84. The molecule has 0 heterocycles. The average molecular weight is 861 g/mol. The Morgan fingerprint density at radius 1 is 0.492 bits per heavy atom. The summed E-state index contributed by atoms with van der Waals surface area (Å²) < 4.78 is 68.6. The first-order valence-corrected chi connectivity index (χ1v) is 20.7. The first kappa shape index (κ1) is 41.4. The molecule has 0 spiro atoms. The maximum atomic E-state index is 13.2. The van der Waals surface area contributed by atoms with Crippen LogP contribution in [0.1, 0.15) is 5.56 Å². The zero-order chi connectivity index (χ0) is 43.5. The molecule has 0 aliphatic heterocycles. The van der Waals surface area contributed by atoms with Gasteiger partial charge in [0.2, 0.25) is 0 Å². The van der Waals surface area contributed by atoms with Gasteiger partial charge < -0.3 is 31.5 Å². The van der Waals surface area contributed by atoms with Gasteiger partial charge in [0, 0.05) is 33.5 Å². The molecule has 0 saturated heterocycles. The molecule has 308 valence electrons. The molecular formula is C41H32N8O10S2. The monoisotopic (exact) mass is 860 g/mol. The van der Waals surface area contributed by atoms with E-state index in [0.29, 0.717) is 22.6 Å². The van der Waals surface area contributed by atoms with Gasteiger partial charge in [-0.25, -0.2) is 9.59 Å². The fourth-order valence-corrected chi connectivity index (χ4v) is 7.36. The summed E-state index contributed by atoms with van der Waals surface area (Å²) in [5, 5.41) is 49.2. The molecule has 0 radical (unpaired) electrons. The molecule has 0 bridgehead atoms. The first-order chi connectivity index (χ1) is 29.0. The number of carbonyl (C=O) groups is 2. The molecule has 20 heteroatoms. The number of nitrogens with one attached hydrogen (secondary N) is 4. The number of carbonyl (C=O) groups excluding carboxylic acids is 2. The molecule has 8 N–H and O–H groups in total. The third kappa shape index (κ3) is 9.58. The van der Waals surface area contributed by atoms with E-state index in [1.54, 1.807) is 79.7 Å². The second-order valence-corrected chi connectivity index (χ2v) is 16.0. The van der Waals surface area contributed by atoms with Gasteiger partial charge in [0.05, 0.1) is 11.4 Å². The van der Waals surface area contributed by atoms with Crippen molar-refractivity contribution in [2.24, 2.45) is 20.5 Å². The molecule has 4 amide bonds. The molecule has 7 aromatic rings. The molecule has 7 rings (SSSR count). The highest BCUT2D eigenvalue weighted by molar-refractivity contribution is 7.86. The highest BCUT2D eigenvalue weighted by Gasteiger charge is 2.24. The van der Waals surface area contributed by atoms with Gasteiger partial charge in [-0.1, -0.05) is 54.6 Å². The molecule has 0 aliphatic rings. The Bertz CT molecular complexity index is 3170. The number of anilines is 4. The number of rotatable bonds is 10. The highest BCUT2D eigenvalue weighted by Crippen LogP contribution is 2.43. The van der Waals surface area contributed by atoms with E-state index >= 15 is 0 Å². The Balaban J connectivity index is 1.07. The zero-order valence-electron chi connectivity index (χ0n) is 31.5. The predicted molar refractivity (Wildman–Crippen MR) is 229 cm³/mol. The number of hydrogen-bond donors (Lipinski definition) is 8. The van der Waals surface area contributed by atoms with Gasteiger partial charge in [-0.2, -0.15) is 27.1 Å². The summed E-state index contributed by atoms with van der Waals surface area (Å²) in [5.41, 5.74) is 1.29. The van der Waals surface area contributed by atoms with E-state index < -0.39 is 65.0 Å². The van der Waals surface area contributed by atoms with Crippen molar-refractivity contribution in [1.82, 2.24) is 0 Å². The molecule has 0 fully saturated rings. The van der Waals surface area contributed by atoms with Crippen molar-refractivity contribution in [2.45, 2.75) is 16.7 Å². The number of amides is 4. The summed E-state index contributed by atoms with van der Waals surface area (Å²) in [4.78, 5) is 25.0. The van der Waals surface area contributed by atoms with E-state index in [0.717, 1.165) is 12.1 Å². The molecule has 61 heavy (non-hydrogen) atoms. The van der Waals surface area contributed by atoms with Gasteiger partial charge in [0.1, 0.15) is 21.2 Å². The van der Waals surface area contributed by atoms with Crippen molar-refractivity contribution < 1.29 is 45.7 Å². The van der Waals surface area contributed by atoms with Crippen LogP contribution in [-0.2, 0) is 20.2 Å². The number of phenolic OH excluding ortho intramolecular Hbond substituents is 2. The van der Waals surface area contributed by atoms with Crippen LogP contribution in [0.3, 0.4) is 0 Å². The van der Waals surface area contributed by atoms with Gasteiger partial charge in [-0.05, 0) is 96.1 Å². The molecule has 18 nitrogen and oxygen atoms in total. The lowest BCUT2D eigenvalue weighted by Gasteiger charge is -2.14. The van der Waals surface area contributed by atoms with Crippen LogP contribution in [0, 0.1) is 6.92 Å². The molecule has 7 aromatic carbocycles. The molecule has 0 unspecified atom stereocenters. The van der Waals surface area contributed by atoms with Crippen molar-refractivity contribution in [2.75, 3.05) is 21.3 Å². The number of nitrogens with zero attached hydrogens (tertiary/aromatic N) is 4. The molecule has 0 aliphatic carbocycles. The third-order valence-corrected chi connectivity index (χ3v) is 10.7. The number of aromatic hydroxyl groups is 2. The van der Waals surface area contributed by atoms with Crippen LogP contribution in [0.25, 0.3) is 21.5 Å². The van der Waals surface area contributed by atoms with Crippen molar-refractivity contribution in [1.29, 1.82) is 0 Å². The number of phenols is 2. The lowest BCUT2D eigenvalue weighted by molar-refractivity contribution is 0.261. The normalized spacial score (nSPS) is 11.9. The molecule has 0 saturated carbocycles. The van der Waals surface area contributed by atoms with Crippen LogP contribution in [0.4, 0.5) is 55.1 Å². The lowest BCUT2D eigenvalue weighted by atomic mass is 10.1. The SMILES string of the molecule is Cc1ccc(NC(=O)Nc2ccc3cc(S(=O)(=O)O)c(N=Nc4ccccc4)c(O)c3c2)cc1NC(=O)Nc1ccc2cc(S(=O)(=O)O)c(N=Nc3ccccc3)c(O)c2c1. The number of urea groups is 2. The lowest BCUT2D eigenvalue weighted by Crippen LogP contribution is -2.21. The van der Waals surface area contributed by atoms with E-state index in [9.17, 15) is 45.7 Å². The second kappa shape index (κ2) is 16.8. The summed E-state index contributed by atoms with van der Waals surface area (Å²) in [6, 6.07) is 30.7. The number of aryl methyl sites for hydroxylation is 1. The van der Waals surface area contributed by atoms with E-state index in [1.807, 2.05) is 0 Å². The number of benzene rings is 7. The minimum absolute atomic E-state index is 0.0959. The highest BCUT2D eigenvalue weighted by atomic mass is 32.2. The topological polar surface area (TPSA) is 281 Å². The summed E-state index contributed by atoms with van der Waals surface area (Å²) in [6.45, 7) is 1.72. The fourth-order valence-electron chi connectivity index (χ4n) is 6.04. The maximum absolute atomic E-state index is 13.2. The zero-order valence-corrected chi connectivity index (χ0v) is 33.1. The van der Waals surface area contributed by atoms with Gasteiger partial charge in [-0.15, -0.1) is 10.2 Å². The Hall–Kier alpha value is -7.78. The van der Waals surface area contributed by atoms with Gasteiger partial charge in [0.15, 0.2) is 11.5 Å². The van der Waals surface area contributed by atoms with E-state index in [4.69, 9.17) is 0 Å². The minimum Gasteiger partial charge on any atom is -0.505 e. The third-order valence-electron chi connectivity index (χ3n) is 8.96. The first-order valence-electron chi connectivity index (χ1n) is 17.8. The quantitative estimate of drug-likeness (QED) is 0.0475. The molecule has 0 aromatic heterocycles. The summed E-state index contributed by atoms with van der Waals surface area (Å²) in [7, 11) is -9.67. The molecule has 0 atom stereocenters. The van der Waals surface area contributed by atoms with Crippen LogP contribution >= 0.6 is 0 Å². The van der Waals surface area contributed by atoms with Crippen LogP contribution < -0.4 is 21.3 Å². The van der Waals surface area contributed by atoms with Gasteiger partial charge in [-0.3, -0.25) is 9.11 Å². The van der Waals surface area contributed by atoms with Crippen molar-refractivity contribution >= 4 is 99.3 Å². The number of azo groups is 2. The van der Waals surface area contributed by atoms with Crippen molar-refractivity contribution in [3.8, 4) is 11.5 Å². The Kier molecular flexibility index (Phi) is 11.4. The van der Waals surface area contributed by atoms with Crippen LogP contribution in [0.15, 0.2) is 158 Å². The van der Waals surface area contributed by atoms with Gasteiger partial charge in [0.25, 0.3) is 20.2 Å². The number of fused-ring (bicyclic) bond motifs is 2. The van der Waals surface area contributed by atoms with E-state index in [-0.39, 0.29) is 38.6 Å².